The Bertz CT molecular complexity index is 38.5. The molecule has 0 unspecified atom stereocenters. The summed E-state index contributed by atoms with van der Waals surface area (Å²) >= 11 is 1.71. The van der Waals surface area contributed by atoms with E-state index in [1.54, 1.807) is 15.9 Å². The molecule has 0 aliphatic rings. The normalized spacial score (nSPS) is 12.0. The molecule has 37 valence electrons. The molecule has 0 aliphatic carbocycles. The van der Waals surface area contributed by atoms with E-state index in [9.17, 15) is 13.2 Å². The molecule has 0 nitrogen and oxygen atoms in total. The third-order valence-corrected chi connectivity index (χ3v) is 0.297. The van der Waals surface area contributed by atoms with E-state index >= 15 is 0 Å². The summed E-state index contributed by atoms with van der Waals surface area (Å²) in [5, 5.41) is 0. The quantitative estimate of drug-likeness (QED) is 0.518. The fraction of sp³-hybridized carbons (Fsp3) is 0.500. The maximum Gasteiger partial charge on any atom is 0.335 e. The first kappa shape index (κ1) is 6.27. The molecular weight excluding hydrogens is 161 g/mol. The van der Waals surface area contributed by atoms with Gasteiger partial charge in [0.25, 0.3) is 0 Å². The highest BCUT2D eigenvalue weighted by Gasteiger charge is 2.23. The minimum Gasteiger partial charge on any atom is -0.236 e. The first-order valence-corrected chi connectivity index (χ1v) is 1.87. The molecule has 0 rings (SSSR count). The minimum absolute atomic E-state index is 0.729. The second kappa shape index (κ2) is 1.82. The summed E-state index contributed by atoms with van der Waals surface area (Å²) in [6.45, 7) is -0.729. The smallest absolute Gasteiger partial charge is 0.236 e. The fourth-order valence-electron chi connectivity index (χ4n) is 0. The largest absolute Gasteiger partial charge is 0.335 e. The van der Waals surface area contributed by atoms with Gasteiger partial charge in [-0.15, -0.1) is 0 Å². The molecule has 0 saturated heterocycles. The predicted octanol–water partition coefficient (Wildman–Crippen LogP) is 2.11. The van der Waals surface area contributed by atoms with Crippen LogP contribution in [0, 0.1) is 6.67 Å². The third-order valence-electron chi connectivity index (χ3n) is 0.124. The Labute approximate surface area is 41.5 Å². The van der Waals surface area contributed by atoms with Gasteiger partial charge in [-0.2, -0.15) is 8.78 Å². The van der Waals surface area contributed by atoms with Crippen LogP contribution in [0.15, 0.2) is 0 Å². The van der Waals surface area contributed by atoms with Gasteiger partial charge < -0.3 is 0 Å². The average molecular weight is 162 g/mol. The van der Waals surface area contributed by atoms with Gasteiger partial charge in [-0.3, -0.25) is 0 Å². The van der Waals surface area contributed by atoms with Crippen LogP contribution in [0.4, 0.5) is 13.2 Å². The van der Waals surface area contributed by atoms with E-state index in [1.165, 1.54) is 0 Å². The molecule has 0 aromatic carbocycles. The number of halogens is 4. The van der Waals surface area contributed by atoms with Gasteiger partial charge in [0.15, 0.2) is 0 Å². The summed E-state index contributed by atoms with van der Waals surface area (Å²) in [5.74, 6) is 0. The van der Waals surface area contributed by atoms with Crippen molar-refractivity contribution in [2.45, 2.75) is 4.83 Å². The van der Waals surface area contributed by atoms with E-state index in [0.717, 1.165) is 0 Å². The second-order valence-corrected chi connectivity index (χ2v) is 1.71. The van der Waals surface area contributed by atoms with Crippen molar-refractivity contribution >= 4 is 15.9 Å². The van der Waals surface area contributed by atoms with Gasteiger partial charge in [-0.1, -0.05) is 0 Å². The Kier molecular flexibility index (Phi) is 1.90. The van der Waals surface area contributed by atoms with E-state index < -0.39 is 11.5 Å². The van der Waals surface area contributed by atoms with Crippen molar-refractivity contribution in [3.63, 3.8) is 0 Å². The number of rotatable bonds is 1. The van der Waals surface area contributed by atoms with Gasteiger partial charge >= 0.3 is 4.83 Å². The highest BCUT2D eigenvalue weighted by molar-refractivity contribution is 9.10. The molecule has 0 aromatic heterocycles. The molecule has 0 bridgehead atoms. The molecule has 0 saturated carbocycles. The van der Waals surface area contributed by atoms with E-state index in [4.69, 9.17) is 0 Å². The SMILES string of the molecule is F[CH]C(F)(F)Br. The summed E-state index contributed by atoms with van der Waals surface area (Å²) in [4.78, 5) is -3.44. The second-order valence-electron chi connectivity index (χ2n) is 0.651. The maximum absolute atomic E-state index is 10.9. The Hall–Kier alpha value is 0.270. The van der Waals surface area contributed by atoms with Crippen LogP contribution in [0.5, 0.6) is 0 Å². The molecule has 4 heteroatoms. The molecule has 0 atom stereocenters. The van der Waals surface area contributed by atoms with E-state index in [2.05, 4.69) is 0 Å². The fourth-order valence-corrected chi connectivity index (χ4v) is 0. The summed E-state index contributed by atoms with van der Waals surface area (Å²) < 4.78 is 32.5. The summed E-state index contributed by atoms with van der Waals surface area (Å²) in [6.07, 6.45) is 0. The lowest BCUT2D eigenvalue weighted by molar-refractivity contribution is 0.121. The molecule has 0 aromatic rings. The third kappa shape index (κ3) is 4.27. The van der Waals surface area contributed by atoms with E-state index in [1.807, 2.05) is 0 Å². The highest BCUT2D eigenvalue weighted by Crippen LogP contribution is 2.24. The molecular formula is C2HBrF3. The van der Waals surface area contributed by atoms with Crippen LogP contribution in [0.1, 0.15) is 0 Å². The van der Waals surface area contributed by atoms with Crippen molar-refractivity contribution in [2.75, 3.05) is 0 Å². The monoisotopic (exact) mass is 161 g/mol. The van der Waals surface area contributed by atoms with Crippen molar-refractivity contribution < 1.29 is 13.2 Å². The van der Waals surface area contributed by atoms with Crippen molar-refractivity contribution in [3.8, 4) is 0 Å². The predicted molar refractivity (Wildman–Crippen MR) is 19.3 cm³/mol. The van der Waals surface area contributed by atoms with Gasteiger partial charge in [0.1, 0.15) is 0 Å². The Morgan fingerprint density at radius 2 is 1.67 bits per heavy atom. The summed E-state index contributed by atoms with van der Waals surface area (Å²) in [7, 11) is 0. The highest BCUT2D eigenvalue weighted by atomic mass is 79.9. The number of hydrogen-bond donors (Lipinski definition) is 0. The van der Waals surface area contributed by atoms with Crippen molar-refractivity contribution in [1.82, 2.24) is 0 Å². The lowest BCUT2D eigenvalue weighted by atomic mass is 10.8. The van der Waals surface area contributed by atoms with Gasteiger partial charge in [0, 0.05) is 0 Å². The molecule has 0 amide bonds. The van der Waals surface area contributed by atoms with Crippen molar-refractivity contribution in [2.24, 2.45) is 0 Å². The van der Waals surface area contributed by atoms with Gasteiger partial charge in [0.05, 0.1) is 0 Å². The lowest BCUT2D eigenvalue weighted by Gasteiger charge is -1.95. The number of alkyl halides is 3. The van der Waals surface area contributed by atoms with Gasteiger partial charge in [-0.25, -0.2) is 4.39 Å². The Balaban J connectivity index is 3.17. The molecule has 0 fully saturated rings. The van der Waals surface area contributed by atoms with Crippen molar-refractivity contribution in [3.05, 3.63) is 6.67 Å². The molecule has 0 heterocycles. The standard InChI is InChI=1S/C2HBrF3/c3-2(5,6)1-4/h1H. The Morgan fingerprint density at radius 1 is 1.50 bits per heavy atom. The molecule has 6 heavy (non-hydrogen) atoms. The number of hydrogen-bond acceptors (Lipinski definition) is 0. The molecule has 0 N–H and O–H groups in total. The van der Waals surface area contributed by atoms with Gasteiger partial charge in [-0.05, 0) is 15.9 Å². The van der Waals surface area contributed by atoms with Crippen LogP contribution >= 0.6 is 15.9 Å². The lowest BCUT2D eigenvalue weighted by Crippen LogP contribution is -1.99. The zero-order valence-electron chi connectivity index (χ0n) is 2.59. The topological polar surface area (TPSA) is 0 Å². The maximum atomic E-state index is 10.9. The van der Waals surface area contributed by atoms with Crippen LogP contribution in [0.3, 0.4) is 0 Å². The van der Waals surface area contributed by atoms with Gasteiger partial charge in [0.2, 0.25) is 6.67 Å². The molecule has 0 spiro atoms. The average Bonchev–Trinajstić information content (AvgIpc) is 1.35. The van der Waals surface area contributed by atoms with Crippen LogP contribution in [-0.4, -0.2) is 4.83 Å². The molecule has 0 aliphatic heterocycles. The van der Waals surface area contributed by atoms with Crippen LogP contribution in [0.2, 0.25) is 0 Å². The van der Waals surface area contributed by atoms with E-state index in [0.29, 0.717) is 0 Å². The van der Waals surface area contributed by atoms with Crippen LogP contribution in [0.25, 0.3) is 0 Å². The first-order valence-electron chi connectivity index (χ1n) is 1.07. The zero-order valence-corrected chi connectivity index (χ0v) is 4.18. The Morgan fingerprint density at radius 3 is 1.67 bits per heavy atom. The van der Waals surface area contributed by atoms with Crippen LogP contribution in [-0.2, 0) is 0 Å². The van der Waals surface area contributed by atoms with E-state index in [-0.39, 0.29) is 0 Å². The minimum atomic E-state index is -3.44. The summed E-state index contributed by atoms with van der Waals surface area (Å²) in [5.41, 5.74) is 0. The zero-order chi connectivity index (χ0) is 5.21. The van der Waals surface area contributed by atoms with Crippen molar-refractivity contribution in [1.29, 1.82) is 0 Å². The summed E-state index contributed by atoms with van der Waals surface area (Å²) in [6, 6.07) is 0. The van der Waals surface area contributed by atoms with Crippen LogP contribution < -0.4 is 0 Å². The first-order chi connectivity index (χ1) is 2.56. The molecule has 1 radical (unpaired) electrons.